The highest BCUT2D eigenvalue weighted by atomic mass is 35.5. The first-order valence-corrected chi connectivity index (χ1v) is 9.26. The normalized spacial score (nSPS) is 17.3. The standard InChI is InChI=1S/C14H19ClN2O5S/c1-21-7-3-6-16-14(18)13-9-17(23(2,19)20)11-8-10(15)4-5-12(11)22-13/h4-5,8,13H,3,6-7,9H2,1-2H3,(H,16,18)/t13-/m1/s1. The van der Waals surface area contributed by atoms with Gasteiger partial charge in [-0.1, -0.05) is 11.6 Å². The van der Waals surface area contributed by atoms with Crippen molar-refractivity contribution in [2.24, 2.45) is 0 Å². The molecular formula is C14H19ClN2O5S. The first-order chi connectivity index (χ1) is 10.8. The van der Waals surface area contributed by atoms with Crippen molar-refractivity contribution in [2.45, 2.75) is 12.5 Å². The van der Waals surface area contributed by atoms with Crippen molar-refractivity contribution < 1.29 is 22.7 Å². The Morgan fingerprint density at radius 2 is 2.26 bits per heavy atom. The Balaban J connectivity index is 2.17. The van der Waals surface area contributed by atoms with E-state index < -0.39 is 16.1 Å². The number of carbonyl (C=O) groups is 1. The fourth-order valence-corrected chi connectivity index (χ4v) is 3.29. The summed E-state index contributed by atoms with van der Waals surface area (Å²) in [6.45, 7) is 0.865. The van der Waals surface area contributed by atoms with Gasteiger partial charge in [0.05, 0.1) is 18.5 Å². The Morgan fingerprint density at radius 1 is 1.52 bits per heavy atom. The molecule has 0 saturated carbocycles. The lowest BCUT2D eigenvalue weighted by atomic mass is 10.2. The second-order valence-electron chi connectivity index (χ2n) is 5.15. The number of sulfonamides is 1. The Hall–Kier alpha value is -1.51. The molecule has 1 N–H and O–H groups in total. The second-order valence-corrected chi connectivity index (χ2v) is 7.49. The molecule has 7 nitrogen and oxygen atoms in total. The first-order valence-electron chi connectivity index (χ1n) is 7.03. The average molecular weight is 363 g/mol. The fraction of sp³-hybridized carbons (Fsp3) is 0.500. The number of carbonyl (C=O) groups excluding carboxylic acids is 1. The molecule has 128 valence electrons. The van der Waals surface area contributed by atoms with Crippen LogP contribution in [-0.4, -0.2) is 53.5 Å². The van der Waals surface area contributed by atoms with Crippen molar-refractivity contribution in [1.29, 1.82) is 0 Å². The molecule has 23 heavy (non-hydrogen) atoms. The van der Waals surface area contributed by atoms with E-state index >= 15 is 0 Å². The van der Waals surface area contributed by atoms with Crippen LogP contribution >= 0.6 is 11.6 Å². The van der Waals surface area contributed by atoms with E-state index in [4.69, 9.17) is 21.1 Å². The molecule has 0 aliphatic carbocycles. The number of halogens is 1. The van der Waals surface area contributed by atoms with Crippen molar-refractivity contribution in [3.05, 3.63) is 23.2 Å². The minimum Gasteiger partial charge on any atom is -0.476 e. The monoisotopic (exact) mass is 362 g/mol. The molecule has 1 heterocycles. The molecule has 0 aromatic heterocycles. The SMILES string of the molecule is COCCCNC(=O)[C@H]1CN(S(C)(=O)=O)c2cc(Cl)ccc2O1. The van der Waals surface area contributed by atoms with E-state index in [9.17, 15) is 13.2 Å². The summed E-state index contributed by atoms with van der Waals surface area (Å²) in [4.78, 5) is 12.2. The smallest absolute Gasteiger partial charge is 0.263 e. The first kappa shape index (κ1) is 17.8. The summed E-state index contributed by atoms with van der Waals surface area (Å²) in [5.74, 6) is -0.0570. The van der Waals surface area contributed by atoms with E-state index in [0.29, 0.717) is 36.0 Å². The van der Waals surface area contributed by atoms with Gasteiger partial charge in [0.2, 0.25) is 10.0 Å². The third-order valence-electron chi connectivity index (χ3n) is 3.31. The van der Waals surface area contributed by atoms with Crippen LogP contribution in [0.25, 0.3) is 0 Å². The highest BCUT2D eigenvalue weighted by molar-refractivity contribution is 7.92. The molecule has 0 saturated heterocycles. The predicted molar refractivity (Wildman–Crippen MR) is 87.6 cm³/mol. The molecule has 0 unspecified atom stereocenters. The number of rotatable bonds is 6. The van der Waals surface area contributed by atoms with Crippen LogP contribution in [-0.2, 0) is 19.6 Å². The molecule has 1 amide bonds. The van der Waals surface area contributed by atoms with Crippen LogP contribution in [0.3, 0.4) is 0 Å². The lowest BCUT2D eigenvalue weighted by molar-refractivity contribution is -0.127. The number of anilines is 1. The minimum atomic E-state index is -3.56. The molecule has 2 rings (SSSR count). The maximum Gasteiger partial charge on any atom is 0.263 e. The Morgan fingerprint density at radius 3 is 2.91 bits per heavy atom. The number of fused-ring (bicyclic) bond motifs is 1. The van der Waals surface area contributed by atoms with Gasteiger partial charge in [0.15, 0.2) is 6.10 Å². The van der Waals surface area contributed by atoms with Crippen LogP contribution < -0.4 is 14.4 Å². The number of nitrogens with one attached hydrogen (secondary N) is 1. The van der Waals surface area contributed by atoms with Crippen molar-refractivity contribution in [3.63, 3.8) is 0 Å². The largest absolute Gasteiger partial charge is 0.476 e. The van der Waals surface area contributed by atoms with E-state index in [1.807, 2.05) is 0 Å². The Labute approximate surface area is 140 Å². The van der Waals surface area contributed by atoms with Crippen molar-refractivity contribution >= 4 is 33.2 Å². The number of hydrogen-bond acceptors (Lipinski definition) is 5. The van der Waals surface area contributed by atoms with E-state index in [2.05, 4.69) is 5.32 Å². The lowest BCUT2D eigenvalue weighted by Gasteiger charge is -2.34. The zero-order chi connectivity index (χ0) is 17.0. The van der Waals surface area contributed by atoms with Gasteiger partial charge in [0.25, 0.3) is 5.91 Å². The molecule has 0 radical (unpaired) electrons. The van der Waals surface area contributed by atoms with Crippen LogP contribution in [0.15, 0.2) is 18.2 Å². The molecule has 9 heteroatoms. The van der Waals surface area contributed by atoms with Gasteiger partial charge in [0, 0.05) is 25.3 Å². The van der Waals surface area contributed by atoms with Crippen LogP contribution in [0, 0.1) is 0 Å². The third-order valence-corrected chi connectivity index (χ3v) is 4.69. The molecule has 1 atom stereocenters. The molecular weight excluding hydrogens is 344 g/mol. The molecule has 1 aromatic rings. The van der Waals surface area contributed by atoms with Gasteiger partial charge in [0.1, 0.15) is 5.75 Å². The Kier molecular flexibility index (Phi) is 5.72. The zero-order valence-electron chi connectivity index (χ0n) is 12.9. The van der Waals surface area contributed by atoms with Crippen LogP contribution in [0.1, 0.15) is 6.42 Å². The number of hydrogen-bond donors (Lipinski definition) is 1. The van der Waals surface area contributed by atoms with Gasteiger partial charge in [-0.15, -0.1) is 0 Å². The average Bonchev–Trinajstić information content (AvgIpc) is 2.49. The van der Waals surface area contributed by atoms with Crippen molar-refractivity contribution in [1.82, 2.24) is 5.32 Å². The molecule has 0 bridgehead atoms. The summed E-state index contributed by atoms with van der Waals surface area (Å²) >= 11 is 5.92. The molecule has 1 aromatic carbocycles. The number of nitrogens with zero attached hydrogens (tertiary/aromatic N) is 1. The van der Waals surface area contributed by atoms with Gasteiger partial charge in [-0.2, -0.15) is 0 Å². The van der Waals surface area contributed by atoms with Crippen LogP contribution in [0.4, 0.5) is 5.69 Å². The second kappa shape index (κ2) is 7.37. The molecule has 1 aliphatic rings. The van der Waals surface area contributed by atoms with E-state index in [-0.39, 0.29) is 12.5 Å². The number of benzene rings is 1. The highest BCUT2D eigenvalue weighted by Crippen LogP contribution is 2.36. The van der Waals surface area contributed by atoms with E-state index in [1.165, 1.54) is 6.07 Å². The number of amides is 1. The summed E-state index contributed by atoms with van der Waals surface area (Å²) in [7, 11) is -1.98. The summed E-state index contributed by atoms with van der Waals surface area (Å²) in [6.07, 6.45) is 0.828. The van der Waals surface area contributed by atoms with Gasteiger partial charge in [-0.3, -0.25) is 9.10 Å². The van der Waals surface area contributed by atoms with Gasteiger partial charge in [-0.25, -0.2) is 8.42 Å². The van der Waals surface area contributed by atoms with E-state index in [0.717, 1.165) is 10.6 Å². The Bertz CT molecular complexity index is 680. The summed E-state index contributed by atoms with van der Waals surface area (Å²) in [5, 5.41) is 3.10. The van der Waals surface area contributed by atoms with Crippen molar-refractivity contribution in [2.75, 3.05) is 37.4 Å². The maximum absolute atomic E-state index is 12.2. The minimum absolute atomic E-state index is 0.0950. The fourth-order valence-electron chi connectivity index (χ4n) is 2.22. The quantitative estimate of drug-likeness (QED) is 0.764. The number of ether oxygens (including phenoxy) is 2. The number of methoxy groups -OCH3 is 1. The molecule has 0 fully saturated rings. The van der Waals surface area contributed by atoms with Crippen LogP contribution in [0.5, 0.6) is 5.75 Å². The predicted octanol–water partition coefficient (Wildman–Crippen LogP) is 1.02. The summed E-state index contributed by atoms with van der Waals surface area (Å²) in [6, 6.07) is 4.64. The van der Waals surface area contributed by atoms with Gasteiger partial charge in [-0.05, 0) is 24.6 Å². The third kappa shape index (κ3) is 4.49. The lowest BCUT2D eigenvalue weighted by Crippen LogP contribution is -2.50. The van der Waals surface area contributed by atoms with Crippen molar-refractivity contribution in [3.8, 4) is 5.75 Å². The summed E-state index contributed by atoms with van der Waals surface area (Å²) in [5.41, 5.74) is 0.337. The highest BCUT2D eigenvalue weighted by Gasteiger charge is 2.35. The zero-order valence-corrected chi connectivity index (χ0v) is 14.5. The van der Waals surface area contributed by atoms with Gasteiger partial charge < -0.3 is 14.8 Å². The van der Waals surface area contributed by atoms with Gasteiger partial charge >= 0.3 is 0 Å². The maximum atomic E-state index is 12.2. The van der Waals surface area contributed by atoms with Crippen LogP contribution in [0.2, 0.25) is 5.02 Å². The summed E-state index contributed by atoms with van der Waals surface area (Å²) < 4.78 is 35.7. The topological polar surface area (TPSA) is 84.9 Å². The molecule has 0 spiro atoms. The molecule has 1 aliphatic heterocycles. The van der Waals surface area contributed by atoms with E-state index in [1.54, 1.807) is 19.2 Å².